The molecule has 1 aliphatic rings. The number of benzene rings is 1. The molecule has 0 bridgehead atoms. The van der Waals surface area contributed by atoms with Gasteiger partial charge >= 0.3 is 0 Å². The van der Waals surface area contributed by atoms with Gasteiger partial charge in [0.1, 0.15) is 11.0 Å². The Bertz CT molecular complexity index is 526. The molecule has 2 atom stereocenters. The van der Waals surface area contributed by atoms with Crippen LogP contribution in [0.5, 0.6) is 5.75 Å². The van der Waals surface area contributed by atoms with Crippen molar-refractivity contribution in [2.24, 2.45) is 0 Å². The van der Waals surface area contributed by atoms with Gasteiger partial charge in [0.15, 0.2) is 0 Å². The first-order chi connectivity index (χ1) is 8.96. The molecule has 0 aliphatic carbocycles. The number of rotatable bonds is 3. The largest absolute Gasteiger partial charge is 0.497 e. The monoisotopic (exact) mass is 285 g/mol. The van der Waals surface area contributed by atoms with Crippen molar-refractivity contribution < 1.29 is 18.3 Å². The fourth-order valence-corrected chi connectivity index (χ4v) is 4.15. The summed E-state index contributed by atoms with van der Waals surface area (Å²) in [6.45, 7) is 0.522. The van der Waals surface area contributed by atoms with Crippen LogP contribution in [0.4, 0.5) is 0 Å². The van der Waals surface area contributed by atoms with Crippen LogP contribution >= 0.6 is 0 Å². The van der Waals surface area contributed by atoms with Gasteiger partial charge in [-0.3, -0.25) is 0 Å². The van der Waals surface area contributed by atoms with E-state index in [9.17, 15) is 13.5 Å². The Hall–Kier alpha value is -1.11. The standard InChI is InChI=1S/C13H19NO4S/c1-14-9-3-4-12(19(14,16)17)13(15)10-5-7-11(18-2)8-6-10/h5-8,12-13,15H,3-4,9H2,1-2H3. The average molecular weight is 285 g/mol. The molecule has 2 unspecified atom stereocenters. The van der Waals surface area contributed by atoms with Gasteiger partial charge in [0, 0.05) is 13.6 Å². The molecule has 1 fully saturated rings. The first kappa shape index (κ1) is 14.3. The van der Waals surface area contributed by atoms with Crippen LogP contribution < -0.4 is 4.74 Å². The summed E-state index contributed by atoms with van der Waals surface area (Å²) in [7, 11) is -0.294. The van der Waals surface area contributed by atoms with E-state index < -0.39 is 21.4 Å². The van der Waals surface area contributed by atoms with Crippen molar-refractivity contribution >= 4 is 10.0 Å². The van der Waals surface area contributed by atoms with Crippen molar-refractivity contribution in [3.05, 3.63) is 29.8 Å². The van der Waals surface area contributed by atoms with E-state index in [1.165, 1.54) is 4.31 Å². The molecule has 1 N–H and O–H groups in total. The molecule has 2 rings (SSSR count). The summed E-state index contributed by atoms with van der Waals surface area (Å²) in [5.74, 6) is 0.680. The quantitative estimate of drug-likeness (QED) is 0.905. The molecule has 1 aromatic rings. The molecule has 1 heterocycles. The zero-order valence-electron chi connectivity index (χ0n) is 11.1. The van der Waals surface area contributed by atoms with E-state index in [0.29, 0.717) is 24.3 Å². The highest BCUT2D eigenvalue weighted by atomic mass is 32.2. The van der Waals surface area contributed by atoms with Crippen molar-refractivity contribution in [3.8, 4) is 5.75 Å². The predicted octanol–water partition coefficient (Wildman–Crippen LogP) is 1.15. The molecule has 1 saturated heterocycles. The molecule has 6 heteroatoms. The van der Waals surface area contributed by atoms with Gasteiger partial charge in [-0.25, -0.2) is 12.7 Å². The molecule has 19 heavy (non-hydrogen) atoms. The topological polar surface area (TPSA) is 66.8 Å². The van der Waals surface area contributed by atoms with E-state index in [-0.39, 0.29) is 0 Å². The zero-order chi connectivity index (χ0) is 14.0. The van der Waals surface area contributed by atoms with Crippen molar-refractivity contribution in [1.29, 1.82) is 0 Å². The lowest BCUT2D eigenvalue weighted by atomic mass is 10.0. The highest BCUT2D eigenvalue weighted by molar-refractivity contribution is 7.89. The number of aliphatic hydroxyl groups excluding tert-OH is 1. The molecule has 0 radical (unpaired) electrons. The molecule has 1 aromatic carbocycles. The number of nitrogens with zero attached hydrogens (tertiary/aromatic N) is 1. The molecule has 1 aliphatic heterocycles. The summed E-state index contributed by atoms with van der Waals surface area (Å²) >= 11 is 0. The summed E-state index contributed by atoms with van der Waals surface area (Å²) in [6, 6.07) is 6.84. The summed E-state index contributed by atoms with van der Waals surface area (Å²) in [5, 5.41) is 9.55. The third-order valence-corrected chi connectivity index (χ3v) is 5.90. The van der Waals surface area contributed by atoms with Gasteiger partial charge in [-0.15, -0.1) is 0 Å². The average Bonchev–Trinajstić information content (AvgIpc) is 2.41. The van der Waals surface area contributed by atoms with Crippen LogP contribution in [0, 0.1) is 0 Å². The van der Waals surface area contributed by atoms with E-state index in [1.54, 1.807) is 38.4 Å². The zero-order valence-corrected chi connectivity index (χ0v) is 11.9. The molecule has 0 spiro atoms. The van der Waals surface area contributed by atoms with Crippen LogP contribution in [0.3, 0.4) is 0 Å². The lowest BCUT2D eigenvalue weighted by molar-refractivity contribution is 0.158. The molecule has 0 saturated carbocycles. The second kappa shape index (κ2) is 5.48. The van der Waals surface area contributed by atoms with Crippen LogP contribution in [0.15, 0.2) is 24.3 Å². The minimum Gasteiger partial charge on any atom is -0.497 e. The van der Waals surface area contributed by atoms with E-state index in [0.717, 1.165) is 6.42 Å². The van der Waals surface area contributed by atoms with Crippen molar-refractivity contribution in [1.82, 2.24) is 4.31 Å². The lowest BCUT2D eigenvalue weighted by Crippen LogP contribution is -2.44. The highest BCUT2D eigenvalue weighted by Gasteiger charge is 2.38. The van der Waals surface area contributed by atoms with Gasteiger partial charge in [0.2, 0.25) is 10.0 Å². The van der Waals surface area contributed by atoms with Gasteiger partial charge in [-0.2, -0.15) is 0 Å². The number of hydrogen-bond acceptors (Lipinski definition) is 4. The van der Waals surface area contributed by atoms with Crippen molar-refractivity contribution in [3.63, 3.8) is 0 Å². The first-order valence-electron chi connectivity index (χ1n) is 6.24. The van der Waals surface area contributed by atoms with Gasteiger partial charge in [0.05, 0.1) is 13.2 Å². The van der Waals surface area contributed by atoms with E-state index in [2.05, 4.69) is 0 Å². The maximum absolute atomic E-state index is 12.2. The molecular formula is C13H19NO4S. The summed E-state index contributed by atoms with van der Waals surface area (Å²) in [5.41, 5.74) is 0.602. The van der Waals surface area contributed by atoms with Crippen LogP contribution in [0.25, 0.3) is 0 Å². The minimum absolute atomic E-state index is 0.486. The highest BCUT2D eigenvalue weighted by Crippen LogP contribution is 2.31. The number of ether oxygens (including phenoxy) is 1. The Morgan fingerprint density at radius 1 is 1.37 bits per heavy atom. The summed E-state index contributed by atoms with van der Waals surface area (Å²) in [4.78, 5) is 0. The van der Waals surface area contributed by atoms with Crippen molar-refractivity contribution in [2.75, 3.05) is 20.7 Å². The molecule has 0 aromatic heterocycles. The van der Waals surface area contributed by atoms with E-state index in [1.807, 2.05) is 0 Å². The minimum atomic E-state index is -3.41. The third-order valence-electron chi connectivity index (χ3n) is 3.59. The second-order valence-electron chi connectivity index (χ2n) is 4.77. The number of aliphatic hydroxyl groups is 1. The Kier molecular flexibility index (Phi) is 4.13. The van der Waals surface area contributed by atoms with E-state index >= 15 is 0 Å². The number of methoxy groups -OCH3 is 1. The molecule has 106 valence electrons. The number of sulfonamides is 1. The lowest BCUT2D eigenvalue weighted by Gasteiger charge is -2.32. The fourth-order valence-electron chi connectivity index (χ4n) is 2.36. The van der Waals surface area contributed by atoms with Gasteiger partial charge in [0.25, 0.3) is 0 Å². The Balaban J connectivity index is 2.24. The van der Waals surface area contributed by atoms with Gasteiger partial charge in [-0.1, -0.05) is 12.1 Å². The summed E-state index contributed by atoms with van der Waals surface area (Å²) < 4.78 is 30.8. The maximum Gasteiger partial charge on any atom is 0.219 e. The summed E-state index contributed by atoms with van der Waals surface area (Å²) in [6.07, 6.45) is 0.256. The first-order valence-corrected chi connectivity index (χ1v) is 7.74. The normalized spacial score (nSPS) is 24.9. The third kappa shape index (κ3) is 2.75. The SMILES string of the molecule is COc1ccc(C(O)C2CCCN(C)S2(=O)=O)cc1. The van der Waals surface area contributed by atoms with Crippen LogP contribution in [-0.2, 0) is 10.0 Å². The van der Waals surface area contributed by atoms with Gasteiger partial charge in [-0.05, 0) is 30.5 Å². The second-order valence-corrected chi connectivity index (χ2v) is 7.02. The predicted molar refractivity (Wildman–Crippen MR) is 72.5 cm³/mol. The Labute approximate surface area is 113 Å². The Morgan fingerprint density at radius 3 is 2.58 bits per heavy atom. The molecule has 0 amide bonds. The van der Waals surface area contributed by atoms with Crippen LogP contribution in [0.1, 0.15) is 24.5 Å². The fraction of sp³-hybridized carbons (Fsp3) is 0.538. The van der Waals surface area contributed by atoms with Crippen molar-refractivity contribution in [2.45, 2.75) is 24.2 Å². The van der Waals surface area contributed by atoms with Crippen LogP contribution in [-0.4, -0.2) is 43.8 Å². The molecular weight excluding hydrogens is 266 g/mol. The van der Waals surface area contributed by atoms with E-state index in [4.69, 9.17) is 4.74 Å². The smallest absolute Gasteiger partial charge is 0.219 e. The Morgan fingerprint density at radius 2 is 2.00 bits per heavy atom. The maximum atomic E-state index is 12.2. The molecule has 5 nitrogen and oxygen atoms in total. The van der Waals surface area contributed by atoms with Crippen LogP contribution in [0.2, 0.25) is 0 Å². The number of hydrogen-bond donors (Lipinski definition) is 1. The van der Waals surface area contributed by atoms with Gasteiger partial charge < -0.3 is 9.84 Å².